The molecular formula is C17H24ClN5O3S2. The molecular weight excluding hydrogens is 422 g/mol. The van der Waals surface area contributed by atoms with E-state index in [-0.39, 0.29) is 11.3 Å². The quantitative estimate of drug-likeness (QED) is 0.647. The Balaban J connectivity index is 1.52. The highest BCUT2D eigenvalue weighted by Crippen LogP contribution is 2.34. The molecule has 0 radical (unpaired) electrons. The van der Waals surface area contributed by atoms with Gasteiger partial charge in [-0.1, -0.05) is 0 Å². The highest BCUT2D eigenvalue weighted by atomic mass is 35.5. The van der Waals surface area contributed by atoms with Crippen molar-refractivity contribution in [2.24, 2.45) is 0 Å². The van der Waals surface area contributed by atoms with Crippen LogP contribution in [0.3, 0.4) is 0 Å². The topological polar surface area (TPSA) is 78.9 Å². The van der Waals surface area contributed by atoms with Crippen molar-refractivity contribution in [1.82, 2.24) is 19.2 Å². The molecule has 1 unspecified atom stereocenters. The minimum atomic E-state index is -3.17. The maximum absolute atomic E-state index is 11.8. The van der Waals surface area contributed by atoms with Crippen molar-refractivity contribution in [3.8, 4) is 0 Å². The molecule has 0 N–H and O–H groups in total. The molecule has 2 aromatic heterocycles. The molecule has 11 heteroatoms. The summed E-state index contributed by atoms with van der Waals surface area (Å²) in [5.74, 6) is 0.880. The Hall–Kier alpha value is -1.04. The van der Waals surface area contributed by atoms with Gasteiger partial charge in [0.05, 0.1) is 29.7 Å². The lowest BCUT2D eigenvalue weighted by Gasteiger charge is -2.28. The van der Waals surface area contributed by atoms with Crippen molar-refractivity contribution in [3.63, 3.8) is 0 Å². The van der Waals surface area contributed by atoms with Crippen molar-refractivity contribution < 1.29 is 13.2 Å². The number of morpholine rings is 1. The van der Waals surface area contributed by atoms with Crippen molar-refractivity contribution in [3.05, 3.63) is 16.2 Å². The van der Waals surface area contributed by atoms with Crippen LogP contribution in [-0.2, 0) is 21.3 Å². The molecule has 1 atom stereocenters. The monoisotopic (exact) mass is 445 g/mol. The number of rotatable bonds is 5. The largest absolute Gasteiger partial charge is 0.378 e. The summed E-state index contributed by atoms with van der Waals surface area (Å²) >= 11 is 7.86. The van der Waals surface area contributed by atoms with E-state index in [0.717, 1.165) is 55.2 Å². The van der Waals surface area contributed by atoms with Crippen LogP contribution in [0.1, 0.15) is 11.3 Å². The Morgan fingerprint density at radius 1 is 1.32 bits per heavy atom. The van der Waals surface area contributed by atoms with Gasteiger partial charge in [-0.05, 0) is 24.1 Å². The summed E-state index contributed by atoms with van der Waals surface area (Å²) in [5.41, 5.74) is 0.866. The van der Waals surface area contributed by atoms with Crippen LogP contribution in [0.15, 0.2) is 6.07 Å². The van der Waals surface area contributed by atoms with Crippen LogP contribution in [0.5, 0.6) is 0 Å². The van der Waals surface area contributed by atoms with Gasteiger partial charge in [0, 0.05) is 50.7 Å². The van der Waals surface area contributed by atoms with E-state index in [2.05, 4.69) is 25.8 Å². The van der Waals surface area contributed by atoms with Gasteiger partial charge in [0.15, 0.2) is 5.82 Å². The molecule has 0 amide bonds. The predicted octanol–water partition coefficient (Wildman–Crippen LogP) is 1.65. The molecule has 2 aliphatic rings. The summed E-state index contributed by atoms with van der Waals surface area (Å²) in [7, 11) is -1.50. The fourth-order valence-corrected chi connectivity index (χ4v) is 5.79. The summed E-state index contributed by atoms with van der Waals surface area (Å²) in [5, 5.41) is 0.259. The zero-order chi connectivity index (χ0) is 19.9. The van der Waals surface area contributed by atoms with Gasteiger partial charge in [-0.3, -0.25) is 4.90 Å². The van der Waals surface area contributed by atoms with Crippen LogP contribution in [0.25, 0.3) is 10.2 Å². The number of likely N-dealkylation sites (tertiary alicyclic amines) is 1. The molecule has 2 fully saturated rings. The maximum Gasteiger partial charge on any atom is 0.224 e. The van der Waals surface area contributed by atoms with Gasteiger partial charge >= 0.3 is 0 Å². The lowest BCUT2D eigenvalue weighted by Crippen LogP contribution is -2.38. The normalized spacial score (nSPS) is 21.9. The number of likely N-dealkylation sites (N-methyl/N-ethyl adjacent to an activating group) is 1. The molecule has 0 bridgehead atoms. The zero-order valence-corrected chi connectivity index (χ0v) is 18.4. The molecule has 4 rings (SSSR count). The van der Waals surface area contributed by atoms with Crippen molar-refractivity contribution in [2.45, 2.75) is 19.0 Å². The number of thiophene rings is 1. The molecule has 0 aliphatic carbocycles. The van der Waals surface area contributed by atoms with Crippen LogP contribution in [-0.4, -0.2) is 86.3 Å². The highest BCUT2D eigenvalue weighted by molar-refractivity contribution is 7.88. The number of nitrogens with zero attached hydrogens (tertiary/aromatic N) is 5. The number of hydrogen-bond acceptors (Lipinski definition) is 8. The first-order valence-corrected chi connectivity index (χ1v) is 12.3. The van der Waals surface area contributed by atoms with Crippen molar-refractivity contribution in [2.75, 3.05) is 57.6 Å². The van der Waals surface area contributed by atoms with Crippen molar-refractivity contribution in [1.29, 1.82) is 0 Å². The molecule has 2 saturated heterocycles. The number of sulfonamides is 1. The average Bonchev–Trinajstić information content (AvgIpc) is 3.27. The van der Waals surface area contributed by atoms with Crippen LogP contribution in [0.2, 0.25) is 5.28 Å². The summed E-state index contributed by atoms with van der Waals surface area (Å²) in [4.78, 5) is 14.6. The lowest BCUT2D eigenvalue weighted by molar-refractivity contribution is 0.122. The number of hydrogen-bond donors (Lipinski definition) is 0. The number of aromatic nitrogens is 2. The minimum Gasteiger partial charge on any atom is -0.378 e. The predicted molar refractivity (Wildman–Crippen MR) is 112 cm³/mol. The van der Waals surface area contributed by atoms with Gasteiger partial charge in [-0.2, -0.15) is 4.98 Å². The Bertz CT molecular complexity index is 961. The molecule has 0 aromatic carbocycles. The third-order valence-electron chi connectivity index (χ3n) is 5.35. The van der Waals surface area contributed by atoms with Crippen LogP contribution < -0.4 is 4.90 Å². The van der Waals surface area contributed by atoms with Crippen LogP contribution >= 0.6 is 22.9 Å². The van der Waals surface area contributed by atoms with E-state index < -0.39 is 10.0 Å². The second-order valence-corrected chi connectivity index (χ2v) is 10.8. The zero-order valence-electron chi connectivity index (χ0n) is 16.0. The molecule has 2 aromatic rings. The molecule has 28 heavy (non-hydrogen) atoms. The first-order chi connectivity index (χ1) is 13.3. The second-order valence-electron chi connectivity index (χ2n) is 7.30. The number of anilines is 1. The Morgan fingerprint density at radius 2 is 2.07 bits per heavy atom. The van der Waals surface area contributed by atoms with Gasteiger partial charge < -0.3 is 9.64 Å². The van der Waals surface area contributed by atoms with Crippen LogP contribution in [0, 0.1) is 0 Å². The third-order valence-corrected chi connectivity index (χ3v) is 7.97. The molecule has 0 saturated carbocycles. The van der Waals surface area contributed by atoms with E-state index in [9.17, 15) is 8.42 Å². The Morgan fingerprint density at radius 3 is 2.79 bits per heavy atom. The fourth-order valence-electron chi connectivity index (χ4n) is 3.75. The third kappa shape index (κ3) is 4.27. The smallest absolute Gasteiger partial charge is 0.224 e. The summed E-state index contributed by atoms with van der Waals surface area (Å²) in [6.45, 7) is 5.34. The van der Waals surface area contributed by atoms with E-state index in [4.69, 9.17) is 16.3 Å². The molecule has 8 nitrogen and oxygen atoms in total. The standard InChI is InChI=1S/C17H24ClN5O3S2/c1-21(28(2,24)25)12-3-4-22(10-12)11-13-9-14-15(27-13)16(20-17(18)19-14)23-5-7-26-8-6-23/h9,12H,3-8,10-11H2,1-2H3. The Kier molecular flexibility index (Phi) is 5.78. The number of halogens is 1. The summed E-state index contributed by atoms with van der Waals surface area (Å²) in [6, 6.07) is 2.10. The average molecular weight is 446 g/mol. The molecule has 2 aliphatic heterocycles. The maximum atomic E-state index is 11.8. The van der Waals surface area contributed by atoms with E-state index in [1.54, 1.807) is 18.4 Å². The van der Waals surface area contributed by atoms with Gasteiger partial charge in [0.25, 0.3) is 0 Å². The fraction of sp³-hybridized carbons (Fsp3) is 0.647. The van der Waals surface area contributed by atoms with Crippen LogP contribution in [0.4, 0.5) is 5.82 Å². The van der Waals surface area contributed by atoms with Crippen molar-refractivity contribution >= 4 is 49.0 Å². The second kappa shape index (κ2) is 8.00. The first-order valence-electron chi connectivity index (χ1n) is 9.25. The number of ether oxygens (including phenoxy) is 1. The van der Waals surface area contributed by atoms with Gasteiger partial charge in [0.2, 0.25) is 15.3 Å². The van der Waals surface area contributed by atoms with Gasteiger partial charge in [0.1, 0.15) is 0 Å². The van der Waals surface area contributed by atoms with E-state index in [1.165, 1.54) is 15.4 Å². The lowest BCUT2D eigenvalue weighted by atomic mass is 10.3. The van der Waals surface area contributed by atoms with E-state index in [1.807, 2.05) is 0 Å². The molecule has 0 spiro atoms. The SMILES string of the molecule is CN(C1CCN(Cc2cc3nc(Cl)nc(N4CCOCC4)c3s2)C1)S(C)(=O)=O. The first kappa shape index (κ1) is 20.2. The minimum absolute atomic E-state index is 0.0301. The van der Waals surface area contributed by atoms with Gasteiger partial charge in [-0.15, -0.1) is 11.3 Å². The molecule has 154 valence electrons. The summed E-state index contributed by atoms with van der Waals surface area (Å²) < 4.78 is 31.6. The Labute approximate surface area is 174 Å². The van der Waals surface area contributed by atoms with E-state index >= 15 is 0 Å². The summed E-state index contributed by atoms with van der Waals surface area (Å²) in [6.07, 6.45) is 2.11. The van der Waals surface area contributed by atoms with Gasteiger partial charge in [-0.25, -0.2) is 17.7 Å². The number of fused-ring (bicyclic) bond motifs is 1. The van der Waals surface area contributed by atoms with E-state index in [0.29, 0.717) is 13.2 Å². The molecule has 4 heterocycles. The highest BCUT2D eigenvalue weighted by Gasteiger charge is 2.30.